The van der Waals surface area contributed by atoms with Crippen LogP contribution in [0.2, 0.25) is 10.0 Å². The van der Waals surface area contributed by atoms with Crippen LogP contribution < -0.4 is 5.32 Å². The highest BCUT2D eigenvalue weighted by molar-refractivity contribution is 7.99. The lowest BCUT2D eigenvalue weighted by Gasteiger charge is -2.10. The standard InChI is InChI=1S/C22H18Cl2N4O2S/c1-14-4-2-5-15(8-14)21-26-27-22(28(21)12-19-6-3-7-30-19)31-13-20(29)25-18-10-16(23)9-17(24)11-18/h2-11H,12-13H2,1H3,(H,25,29). The molecule has 0 spiro atoms. The molecule has 0 aliphatic heterocycles. The summed E-state index contributed by atoms with van der Waals surface area (Å²) < 4.78 is 7.46. The third kappa shape index (κ3) is 5.50. The number of benzene rings is 2. The molecule has 6 nitrogen and oxygen atoms in total. The summed E-state index contributed by atoms with van der Waals surface area (Å²) in [5.74, 6) is 1.43. The van der Waals surface area contributed by atoms with Gasteiger partial charge in [0.05, 0.1) is 18.6 Å². The number of aryl methyl sites for hydroxylation is 1. The molecule has 4 rings (SSSR count). The molecule has 1 amide bonds. The topological polar surface area (TPSA) is 73.0 Å². The minimum atomic E-state index is -0.201. The van der Waals surface area contributed by atoms with Gasteiger partial charge in [0, 0.05) is 21.3 Å². The van der Waals surface area contributed by atoms with Crippen LogP contribution in [0.1, 0.15) is 11.3 Å². The number of anilines is 1. The second kappa shape index (κ2) is 9.60. The molecule has 31 heavy (non-hydrogen) atoms. The van der Waals surface area contributed by atoms with Crippen LogP contribution in [0.25, 0.3) is 11.4 Å². The molecule has 158 valence electrons. The van der Waals surface area contributed by atoms with Gasteiger partial charge in [-0.15, -0.1) is 10.2 Å². The van der Waals surface area contributed by atoms with E-state index >= 15 is 0 Å². The van der Waals surface area contributed by atoms with Crippen molar-refractivity contribution in [2.24, 2.45) is 0 Å². The fraction of sp³-hybridized carbons (Fsp3) is 0.136. The number of nitrogens with zero attached hydrogens (tertiary/aromatic N) is 3. The van der Waals surface area contributed by atoms with Gasteiger partial charge in [-0.25, -0.2) is 0 Å². The SMILES string of the molecule is Cc1cccc(-c2nnc(SCC(=O)Nc3cc(Cl)cc(Cl)c3)n2Cc2ccco2)c1. The minimum absolute atomic E-state index is 0.147. The Hall–Kier alpha value is -2.74. The van der Waals surface area contributed by atoms with Crippen LogP contribution in [0, 0.1) is 6.92 Å². The fourth-order valence-electron chi connectivity index (χ4n) is 3.05. The van der Waals surface area contributed by atoms with Crippen molar-refractivity contribution in [3.05, 3.63) is 82.2 Å². The predicted octanol–water partition coefficient (Wildman–Crippen LogP) is 5.93. The molecule has 0 aliphatic rings. The maximum atomic E-state index is 12.5. The highest BCUT2D eigenvalue weighted by Gasteiger charge is 2.17. The van der Waals surface area contributed by atoms with Crippen molar-refractivity contribution in [1.29, 1.82) is 0 Å². The first kappa shape index (κ1) is 21.5. The van der Waals surface area contributed by atoms with Crippen molar-refractivity contribution in [3.63, 3.8) is 0 Å². The summed E-state index contributed by atoms with van der Waals surface area (Å²) in [6.45, 7) is 2.48. The first-order valence-corrected chi connectivity index (χ1v) is 11.1. The second-order valence-electron chi connectivity index (χ2n) is 6.84. The molecule has 1 N–H and O–H groups in total. The number of halogens is 2. The molecule has 0 saturated heterocycles. The van der Waals surface area contributed by atoms with Crippen LogP contribution in [0.3, 0.4) is 0 Å². The highest BCUT2D eigenvalue weighted by atomic mass is 35.5. The van der Waals surface area contributed by atoms with E-state index in [2.05, 4.69) is 15.5 Å². The predicted molar refractivity (Wildman–Crippen MR) is 124 cm³/mol. The first-order valence-electron chi connectivity index (χ1n) is 9.39. The minimum Gasteiger partial charge on any atom is -0.467 e. The van der Waals surface area contributed by atoms with E-state index < -0.39 is 0 Å². The summed E-state index contributed by atoms with van der Waals surface area (Å²) in [5, 5.41) is 13.0. The Bertz CT molecular complexity index is 1190. The van der Waals surface area contributed by atoms with Gasteiger partial charge in [0.2, 0.25) is 5.91 Å². The van der Waals surface area contributed by atoms with Gasteiger partial charge < -0.3 is 9.73 Å². The molecule has 2 aromatic heterocycles. The first-order chi connectivity index (χ1) is 15.0. The molecule has 0 radical (unpaired) electrons. The van der Waals surface area contributed by atoms with Crippen molar-refractivity contribution in [2.75, 3.05) is 11.1 Å². The fourth-order valence-corrected chi connectivity index (χ4v) is 4.31. The van der Waals surface area contributed by atoms with Crippen molar-refractivity contribution in [1.82, 2.24) is 14.8 Å². The number of hydrogen-bond donors (Lipinski definition) is 1. The zero-order valence-electron chi connectivity index (χ0n) is 16.5. The molecular formula is C22H18Cl2N4O2S. The van der Waals surface area contributed by atoms with E-state index in [1.165, 1.54) is 11.8 Å². The third-order valence-electron chi connectivity index (χ3n) is 4.37. The number of nitrogens with one attached hydrogen (secondary N) is 1. The molecule has 4 aromatic rings. The summed E-state index contributed by atoms with van der Waals surface area (Å²) in [5.41, 5.74) is 2.61. The van der Waals surface area contributed by atoms with Crippen LogP contribution >= 0.6 is 35.0 Å². The average molecular weight is 473 g/mol. The Morgan fingerprint density at radius 2 is 1.90 bits per heavy atom. The third-order valence-corrected chi connectivity index (χ3v) is 5.77. The van der Waals surface area contributed by atoms with E-state index in [4.69, 9.17) is 27.6 Å². The Morgan fingerprint density at radius 1 is 1.10 bits per heavy atom. The van der Waals surface area contributed by atoms with Gasteiger partial charge in [0.25, 0.3) is 0 Å². The average Bonchev–Trinajstić information content (AvgIpc) is 3.36. The smallest absolute Gasteiger partial charge is 0.234 e. The van der Waals surface area contributed by atoms with Gasteiger partial charge in [-0.3, -0.25) is 9.36 Å². The molecule has 0 fully saturated rings. The largest absolute Gasteiger partial charge is 0.467 e. The van der Waals surface area contributed by atoms with Gasteiger partial charge in [-0.05, 0) is 43.3 Å². The van der Waals surface area contributed by atoms with E-state index in [1.54, 1.807) is 24.5 Å². The van der Waals surface area contributed by atoms with E-state index in [1.807, 2.05) is 47.9 Å². The van der Waals surface area contributed by atoms with Crippen LogP contribution in [0.4, 0.5) is 5.69 Å². The highest BCUT2D eigenvalue weighted by Crippen LogP contribution is 2.27. The molecular weight excluding hydrogens is 455 g/mol. The summed E-state index contributed by atoms with van der Waals surface area (Å²) >= 11 is 13.3. The second-order valence-corrected chi connectivity index (χ2v) is 8.65. The maximum absolute atomic E-state index is 12.5. The molecule has 9 heteroatoms. The summed E-state index contributed by atoms with van der Waals surface area (Å²) in [4.78, 5) is 12.5. The molecule has 0 atom stereocenters. The lowest BCUT2D eigenvalue weighted by molar-refractivity contribution is -0.113. The molecule has 0 aliphatic carbocycles. The van der Waals surface area contributed by atoms with E-state index in [0.29, 0.717) is 33.3 Å². The van der Waals surface area contributed by atoms with Crippen molar-refractivity contribution < 1.29 is 9.21 Å². The van der Waals surface area contributed by atoms with E-state index in [-0.39, 0.29) is 11.7 Å². The Morgan fingerprint density at radius 3 is 2.61 bits per heavy atom. The maximum Gasteiger partial charge on any atom is 0.234 e. The van der Waals surface area contributed by atoms with Gasteiger partial charge in [-0.2, -0.15) is 0 Å². The van der Waals surface area contributed by atoms with Crippen LogP contribution in [-0.2, 0) is 11.3 Å². The van der Waals surface area contributed by atoms with E-state index in [0.717, 1.165) is 16.9 Å². The zero-order chi connectivity index (χ0) is 21.8. The number of amides is 1. The Balaban J connectivity index is 1.54. The molecule has 0 saturated carbocycles. The van der Waals surface area contributed by atoms with E-state index in [9.17, 15) is 4.79 Å². The summed E-state index contributed by atoms with van der Waals surface area (Å²) in [6, 6.07) is 16.7. The van der Waals surface area contributed by atoms with Crippen molar-refractivity contribution in [3.8, 4) is 11.4 Å². The monoisotopic (exact) mass is 472 g/mol. The van der Waals surface area contributed by atoms with Crippen LogP contribution in [-0.4, -0.2) is 26.4 Å². The summed E-state index contributed by atoms with van der Waals surface area (Å²) in [6.07, 6.45) is 1.63. The van der Waals surface area contributed by atoms with Gasteiger partial charge in [0.15, 0.2) is 11.0 Å². The molecule has 0 unspecified atom stereocenters. The Labute approximate surface area is 193 Å². The lowest BCUT2D eigenvalue weighted by atomic mass is 10.1. The zero-order valence-corrected chi connectivity index (χ0v) is 18.8. The van der Waals surface area contributed by atoms with Crippen molar-refractivity contribution >= 4 is 46.6 Å². The van der Waals surface area contributed by atoms with Gasteiger partial charge >= 0.3 is 0 Å². The number of aromatic nitrogens is 3. The quantitative estimate of drug-likeness (QED) is 0.337. The number of rotatable bonds is 7. The number of carbonyl (C=O) groups excluding carboxylic acids is 1. The molecule has 0 bridgehead atoms. The van der Waals surface area contributed by atoms with Crippen LogP contribution in [0.5, 0.6) is 0 Å². The van der Waals surface area contributed by atoms with Crippen molar-refractivity contribution in [2.45, 2.75) is 18.6 Å². The lowest BCUT2D eigenvalue weighted by Crippen LogP contribution is -2.15. The van der Waals surface area contributed by atoms with Gasteiger partial charge in [-0.1, -0.05) is 58.7 Å². The number of carbonyl (C=O) groups is 1. The number of furan rings is 1. The summed E-state index contributed by atoms with van der Waals surface area (Å²) in [7, 11) is 0. The van der Waals surface area contributed by atoms with Gasteiger partial charge in [0.1, 0.15) is 5.76 Å². The van der Waals surface area contributed by atoms with Crippen LogP contribution in [0.15, 0.2) is 70.4 Å². The molecule has 2 aromatic carbocycles. The molecule has 2 heterocycles. The Kier molecular flexibility index (Phi) is 6.65. The number of hydrogen-bond acceptors (Lipinski definition) is 5. The number of thioether (sulfide) groups is 1. The normalized spacial score (nSPS) is 10.9.